The van der Waals surface area contributed by atoms with Crippen LogP contribution in [0.25, 0.3) is 0 Å². The summed E-state index contributed by atoms with van der Waals surface area (Å²) in [5.41, 5.74) is 1.32. The molecule has 1 aromatic carbocycles. The van der Waals surface area contributed by atoms with E-state index in [1.54, 1.807) is 7.11 Å². The first-order valence-electron chi connectivity index (χ1n) is 6.81. The monoisotopic (exact) mass is 249 g/mol. The van der Waals surface area contributed by atoms with Crippen LogP contribution in [0.15, 0.2) is 24.3 Å². The quantitative estimate of drug-likeness (QED) is 0.870. The lowest BCUT2D eigenvalue weighted by Crippen LogP contribution is -2.38. The van der Waals surface area contributed by atoms with Crippen molar-refractivity contribution in [1.82, 2.24) is 5.32 Å². The van der Waals surface area contributed by atoms with Crippen LogP contribution < -0.4 is 10.1 Å². The fourth-order valence-corrected chi connectivity index (χ4v) is 2.44. The average Bonchev–Trinajstić information content (AvgIpc) is 2.46. The van der Waals surface area contributed by atoms with E-state index in [1.807, 2.05) is 12.1 Å². The van der Waals surface area contributed by atoms with Gasteiger partial charge in [-0.3, -0.25) is 0 Å². The van der Waals surface area contributed by atoms with Crippen molar-refractivity contribution >= 4 is 0 Å². The number of rotatable bonds is 5. The molecular weight excluding hydrogens is 226 g/mol. The predicted molar refractivity (Wildman–Crippen MR) is 73.0 cm³/mol. The van der Waals surface area contributed by atoms with E-state index in [4.69, 9.17) is 9.47 Å². The van der Waals surface area contributed by atoms with Gasteiger partial charge >= 0.3 is 0 Å². The Morgan fingerprint density at radius 2 is 2.17 bits per heavy atom. The Morgan fingerprint density at radius 1 is 1.39 bits per heavy atom. The van der Waals surface area contributed by atoms with E-state index in [9.17, 15) is 0 Å². The first-order valence-corrected chi connectivity index (χ1v) is 6.81. The second-order valence-corrected chi connectivity index (χ2v) is 4.81. The third-order valence-electron chi connectivity index (χ3n) is 3.52. The molecule has 1 N–H and O–H groups in total. The molecule has 0 aromatic heterocycles. The second kappa shape index (κ2) is 6.76. The molecule has 2 atom stereocenters. The zero-order valence-corrected chi connectivity index (χ0v) is 11.3. The van der Waals surface area contributed by atoms with Crippen molar-refractivity contribution in [3.8, 4) is 5.75 Å². The Morgan fingerprint density at radius 3 is 2.72 bits per heavy atom. The molecule has 3 heteroatoms. The smallest absolute Gasteiger partial charge is 0.118 e. The summed E-state index contributed by atoms with van der Waals surface area (Å²) in [7, 11) is 1.70. The van der Waals surface area contributed by atoms with Gasteiger partial charge in [0.1, 0.15) is 5.75 Å². The number of nitrogens with one attached hydrogen (secondary N) is 1. The minimum Gasteiger partial charge on any atom is -0.497 e. The molecule has 3 nitrogen and oxygen atoms in total. The van der Waals surface area contributed by atoms with Crippen molar-refractivity contribution < 1.29 is 9.47 Å². The highest BCUT2D eigenvalue weighted by molar-refractivity contribution is 5.29. The van der Waals surface area contributed by atoms with Gasteiger partial charge in [0, 0.05) is 18.7 Å². The number of hydrogen-bond donors (Lipinski definition) is 1. The summed E-state index contributed by atoms with van der Waals surface area (Å²) in [4.78, 5) is 0. The van der Waals surface area contributed by atoms with Crippen molar-refractivity contribution in [3.63, 3.8) is 0 Å². The number of benzene rings is 1. The van der Waals surface area contributed by atoms with Gasteiger partial charge in [-0.05, 0) is 37.0 Å². The van der Waals surface area contributed by atoms with Gasteiger partial charge in [-0.25, -0.2) is 0 Å². The van der Waals surface area contributed by atoms with Crippen molar-refractivity contribution in [2.75, 3.05) is 20.3 Å². The van der Waals surface area contributed by atoms with Crippen LogP contribution in [0.5, 0.6) is 5.75 Å². The van der Waals surface area contributed by atoms with Crippen LogP contribution in [-0.2, 0) is 4.74 Å². The first kappa shape index (κ1) is 13.4. The zero-order valence-electron chi connectivity index (χ0n) is 11.3. The van der Waals surface area contributed by atoms with Crippen LogP contribution in [0.2, 0.25) is 0 Å². The van der Waals surface area contributed by atoms with Crippen LogP contribution in [-0.4, -0.2) is 26.4 Å². The molecule has 2 rings (SSSR count). The van der Waals surface area contributed by atoms with Gasteiger partial charge < -0.3 is 14.8 Å². The minimum absolute atomic E-state index is 0.405. The van der Waals surface area contributed by atoms with Gasteiger partial charge in [-0.15, -0.1) is 0 Å². The van der Waals surface area contributed by atoms with E-state index in [0.717, 1.165) is 31.8 Å². The van der Waals surface area contributed by atoms with E-state index in [2.05, 4.69) is 24.4 Å². The number of hydrogen-bond acceptors (Lipinski definition) is 3. The van der Waals surface area contributed by atoms with Crippen molar-refractivity contribution in [3.05, 3.63) is 29.8 Å². The van der Waals surface area contributed by atoms with Gasteiger partial charge in [0.25, 0.3) is 0 Å². The topological polar surface area (TPSA) is 30.5 Å². The fraction of sp³-hybridized carbons (Fsp3) is 0.600. The first-order chi connectivity index (χ1) is 8.83. The van der Waals surface area contributed by atoms with Crippen LogP contribution >= 0.6 is 0 Å². The van der Waals surface area contributed by atoms with Crippen LogP contribution in [0, 0.1) is 0 Å². The lowest BCUT2D eigenvalue weighted by atomic mass is 10.0. The van der Waals surface area contributed by atoms with Crippen LogP contribution in [0.1, 0.15) is 37.8 Å². The Hall–Kier alpha value is -1.06. The van der Waals surface area contributed by atoms with E-state index in [-0.39, 0.29) is 0 Å². The van der Waals surface area contributed by atoms with Gasteiger partial charge in [0.15, 0.2) is 0 Å². The molecule has 2 unspecified atom stereocenters. The number of ether oxygens (including phenoxy) is 2. The highest BCUT2D eigenvalue weighted by Gasteiger charge is 2.18. The Labute approximate surface area is 109 Å². The third-order valence-corrected chi connectivity index (χ3v) is 3.52. The molecule has 0 radical (unpaired) electrons. The molecule has 0 spiro atoms. The molecule has 0 amide bonds. The standard InChI is InChI=1S/C15H23NO2/c1-3-15(16-13-5-4-10-18-11-13)12-6-8-14(17-2)9-7-12/h6-9,13,15-16H,3-5,10-11H2,1-2H3. The summed E-state index contributed by atoms with van der Waals surface area (Å²) in [5.74, 6) is 0.912. The summed E-state index contributed by atoms with van der Waals surface area (Å²) in [5, 5.41) is 3.69. The lowest BCUT2D eigenvalue weighted by molar-refractivity contribution is 0.0661. The maximum Gasteiger partial charge on any atom is 0.118 e. The summed E-state index contributed by atoms with van der Waals surface area (Å²) in [6.45, 7) is 3.97. The molecule has 1 aliphatic rings. The number of methoxy groups -OCH3 is 1. The molecule has 18 heavy (non-hydrogen) atoms. The molecule has 0 aliphatic carbocycles. The fourth-order valence-electron chi connectivity index (χ4n) is 2.44. The maximum absolute atomic E-state index is 5.52. The highest BCUT2D eigenvalue weighted by Crippen LogP contribution is 2.21. The zero-order chi connectivity index (χ0) is 12.8. The van der Waals surface area contributed by atoms with Gasteiger partial charge in [0.05, 0.1) is 13.7 Å². The Kier molecular flexibility index (Phi) is 5.02. The molecule has 1 aromatic rings. The van der Waals surface area contributed by atoms with Gasteiger partial charge in [-0.1, -0.05) is 19.1 Å². The summed E-state index contributed by atoms with van der Waals surface area (Å²) < 4.78 is 10.7. The van der Waals surface area contributed by atoms with E-state index >= 15 is 0 Å². The van der Waals surface area contributed by atoms with Gasteiger partial charge in [-0.2, -0.15) is 0 Å². The summed E-state index contributed by atoms with van der Waals surface area (Å²) in [6, 6.07) is 9.23. The van der Waals surface area contributed by atoms with E-state index in [0.29, 0.717) is 12.1 Å². The highest BCUT2D eigenvalue weighted by atomic mass is 16.5. The summed E-state index contributed by atoms with van der Waals surface area (Å²) in [6.07, 6.45) is 3.46. The SMILES string of the molecule is CCC(NC1CCCOC1)c1ccc(OC)cc1. The molecule has 1 aliphatic heterocycles. The van der Waals surface area contributed by atoms with E-state index < -0.39 is 0 Å². The van der Waals surface area contributed by atoms with Crippen molar-refractivity contribution in [1.29, 1.82) is 0 Å². The van der Waals surface area contributed by atoms with Gasteiger partial charge in [0.2, 0.25) is 0 Å². The molecule has 1 fully saturated rings. The average molecular weight is 249 g/mol. The minimum atomic E-state index is 0.405. The Bertz CT molecular complexity index is 344. The predicted octanol–water partition coefficient (Wildman–Crippen LogP) is 2.91. The van der Waals surface area contributed by atoms with Crippen molar-refractivity contribution in [2.45, 2.75) is 38.3 Å². The largest absolute Gasteiger partial charge is 0.497 e. The third kappa shape index (κ3) is 3.47. The molecule has 1 saturated heterocycles. The molecular formula is C15H23NO2. The maximum atomic E-state index is 5.52. The van der Waals surface area contributed by atoms with E-state index in [1.165, 1.54) is 12.0 Å². The molecule has 0 saturated carbocycles. The molecule has 100 valence electrons. The molecule has 0 bridgehead atoms. The lowest BCUT2D eigenvalue weighted by Gasteiger charge is -2.28. The van der Waals surface area contributed by atoms with Crippen LogP contribution in [0.3, 0.4) is 0 Å². The van der Waals surface area contributed by atoms with Crippen molar-refractivity contribution in [2.24, 2.45) is 0 Å². The second-order valence-electron chi connectivity index (χ2n) is 4.81. The molecule has 1 heterocycles. The normalized spacial score (nSPS) is 21.6. The Balaban J connectivity index is 1.97. The summed E-state index contributed by atoms with van der Waals surface area (Å²) >= 11 is 0. The van der Waals surface area contributed by atoms with Crippen LogP contribution in [0.4, 0.5) is 0 Å².